The van der Waals surface area contributed by atoms with Gasteiger partial charge in [0.25, 0.3) is 5.91 Å². The number of hydrogen-bond acceptors (Lipinski definition) is 6. The van der Waals surface area contributed by atoms with Crippen LogP contribution in [0.2, 0.25) is 0 Å². The molecule has 5 atom stereocenters. The lowest BCUT2D eigenvalue weighted by Gasteiger charge is -2.37. The van der Waals surface area contributed by atoms with Gasteiger partial charge in [-0.15, -0.1) is 13.2 Å². The zero-order chi connectivity index (χ0) is 27.7. The van der Waals surface area contributed by atoms with E-state index in [4.69, 9.17) is 9.47 Å². The number of nitrogens with zero attached hydrogens (tertiary/aromatic N) is 2. The predicted octanol–water partition coefficient (Wildman–Crippen LogP) is 3.48. The summed E-state index contributed by atoms with van der Waals surface area (Å²) in [5.41, 5.74) is 0.589. The van der Waals surface area contributed by atoms with Gasteiger partial charge in [-0.05, 0) is 70.1 Å². The number of likely N-dealkylation sites (tertiary alicyclic amines) is 1. The summed E-state index contributed by atoms with van der Waals surface area (Å²) in [7, 11) is 0. The van der Waals surface area contributed by atoms with Crippen molar-refractivity contribution in [3.63, 3.8) is 0 Å². The Balaban J connectivity index is 1.70. The molecule has 0 radical (unpaired) electrons. The Bertz CT molecular complexity index is 1120. The molecule has 8 heteroatoms. The highest BCUT2D eigenvalue weighted by atomic mass is 16.6. The second-order valence-corrected chi connectivity index (χ2v) is 11.0. The van der Waals surface area contributed by atoms with Crippen molar-refractivity contribution in [1.29, 1.82) is 0 Å². The van der Waals surface area contributed by atoms with Gasteiger partial charge in [-0.25, -0.2) is 0 Å². The summed E-state index contributed by atoms with van der Waals surface area (Å²) < 4.78 is 12.3. The first-order chi connectivity index (χ1) is 18.1. The van der Waals surface area contributed by atoms with E-state index in [-0.39, 0.29) is 38.1 Å². The van der Waals surface area contributed by atoms with Crippen molar-refractivity contribution in [2.45, 2.75) is 70.1 Å². The fourth-order valence-electron chi connectivity index (χ4n) is 6.66. The molecule has 2 bridgehead atoms. The highest BCUT2D eigenvalue weighted by Gasteiger charge is 2.78. The number of carbonyl (C=O) groups is 3. The molecular weight excluding hydrogens is 484 g/mol. The zero-order valence-electron chi connectivity index (χ0n) is 22.8. The Morgan fingerprint density at radius 3 is 2.68 bits per heavy atom. The molecule has 0 aromatic heterocycles. The monoisotopic (exact) mass is 524 g/mol. The van der Waals surface area contributed by atoms with E-state index in [1.807, 2.05) is 45.0 Å². The molecule has 2 unspecified atom stereocenters. The van der Waals surface area contributed by atoms with E-state index in [9.17, 15) is 19.5 Å². The molecule has 1 spiro atoms. The third-order valence-corrected chi connectivity index (χ3v) is 8.39. The minimum absolute atomic E-state index is 0.0222. The van der Waals surface area contributed by atoms with E-state index in [1.165, 1.54) is 4.90 Å². The normalized spacial score (nSPS) is 29.3. The predicted molar refractivity (Wildman–Crippen MR) is 144 cm³/mol. The first kappa shape index (κ1) is 28.0. The van der Waals surface area contributed by atoms with Gasteiger partial charge in [0, 0.05) is 18.8 Å². The lowest BCUT2D eigenvalue weighted by Crippen LogP contribution is -2.57. The van der Waals surface area contributed by atoms with Gasteiger partial charge in [0.05, 0.1) is 24.7 Å². The van der Waals surface area contributed by atoms with Crippen molar-refractivity contribution in [2.75, 3.05) is 31.2 Å². The van der Waals surface area contributed by atoms with Gasteiger partial charge in [-0.1, -0.05) is 24.3 Å². The van der Waals surface area contributed by atoms with Crippen LogP contribution in [0.4, 0.5) is 5.69 Å². The van der Waals surface area contributed by atoms with Crippen LogP contribution < -0.4 is 4.90 Å². The van der Waals surface area contributed by atoms with Crippen LogP contribution in [0.3, 0.4) is 0 Å². The van der Waals surface area contributed by atoms with Gasteiger partial charge in [-0.3, -0.25) is 14.4 Å². The van der Waals surface area contributed by atoms with E-state index in [0.29, 0.717) is 19.3 Å². The van der Waals surface area contributed by atoms with Crippen molar-refractivity contribution >= 4 is 23.5 Å². The molecule has 8 nitrogen and oxygen atoms in total. The van der Waals surface area contributed by atoms with Crippen LogP contribution in [0.15, 0.2) is 43.5 Å². The Kier molecular flexibility index (Phi) is 8.14. The molecule has 1 N–H and O–H groups in total. The molecule has 0 aliphatic carbocycles. The molecule has 3 fully saturated rings. The molecule has 3 aliphatic rings. The van der Waals surface area contributed by atoms with E-state index < -0.39 is 35.0 Å². The smallest absolute Gasteiger partial charge is 0.312 e. The lowest BCUT2D eigenvalue weighted by molar-refractivity contribution is -0.159. The van der Waals surface area contributed by atoms with E-state index in [2.05, 4.69) is 13.2 Å². The van der Waals surface area contributed by atoms with Crippen molar-refractivity contribution in [3.05, 3.63) is 54.6 Å². The van der Waals surface area contributed by atoms with Crippen LogP contribution in [0, 0.1) is 25.7 Å². The van der Waals surface area contributed by atoms with Crippen LogP contribution in [-0.2, 0) is 23.9 Å². The number of carbonyl (C=O) groups excluding carboxylic acids is 3. The number of allylic oxidation sites excluding steroid dienone is 1. The largest absolute Gasteiger partial charge is 0.465 e. The molecule has 3 aliphatic heterocycles. The second-order valence-electron chi connectivity index (χ2n) is 11.0. The molecule has 38 heavy (non-hydrogen) atoms. The van der Waals surface area contributed by atoms with Gasteiger partial charge in [0.2, 0.25) is 5.91 Å². The molecule has 4 rings (SSSR count). The second kappa shape index (κ2) is 11.0. The summed E-state index contributed by atoms with van der Waals surface area (Å²) in [6, 6.07) is 4.91. The molecule has 3 heterocycles. The standard InChI is InChI=1S/C30H40N2O6/c1-6-8-9-10-18-37-28(36)24-23-26(34)32(16-17-33)25(30(23)14-13-29(24,5)38-30)27(35)31(15-7-2)22-19-20(3)11-12-21(22)4/h6-7,11-12,19,23-25,33H,1-2,8-10,13-18H2,3-5H3/t23-,24-,25?,29+,30?/m0/s1. The molecule has 1 aromatic rings. The highest BCUT2D eigenvalue weighted by molar-refractivity contribution is 6.05. The van der Waals surface area contributed by atoms with Crippen LogP contribution in [0.5, 0.6) is 0 Å². The van der Waals surface area contributed by atoms with Crippen LogP contribution in [0.1, 0.15) is 50.2 Å². The van der Waals surface area contributed by atoms with Crippen LogP contribution in [-0.4, -0.2) is 71.3 Å². The third-order valence-electron chi connectivity index (χ3n) is 8.39. The minimum Gasteiger partial charge on any atom is -0.465 e. The van der Waals surface area contributed by atoms with Crippen molar-refractivity contribution < 1.29 is 29.0 Å². The number of ether oxygens (including phenoxy) is 2. The topological polar surface area (TPSA) is 96.4 Å². The van der Waals surface area contributed by atoms with Gasteiger partial charge in [0.1, 0.15) is 17.6 Å². The number of aliphatic hydroxyl groups excluding tert-OH is 1. The number of aryl methyl sites for hydroxylation is 2. The number of unbranched alkanes of at least 4 members (excludes halogenated alkanes) is 2. The Morgan fingerprint density at radius 1 is 1.24 bits per heavy atom. The number of benzene rings is 1. The fourth-order valence-corrected chi connectivity index (χ4v) is 6.66. The maximum absolute atomic E-state index is 14.4. The Morgan fingerprint density at radius 2 is 2.00 bits per heavy atom. The van der Waals surface area contributed by atoms with Crippen LogP contribution >= 0.6 is 0 Å². The molecule has 206 valence electrons. The average Bonchev–Trinajstić information content (AvgIpc) is 3.45. The number of rotatable bonds is 12. The number of aliphatic hydroxyl groups is 1. The molecule has 3 saturated heterocycles. The number of esters is 1. The van der Waals surface area contributed by atoms with Gasteiger partial charge < -0.3 is 24.4 Å². The first-order valence-corrected chi connectivity index (χ1v) is 13.5. The summed E-state index contributed by atoms with van der Waals surface area (Å²) >= 11 is 0. The minimum atomic E-state index is -1.16. The van der Waals surface area contributed by atoms with Crippen molar-refractivity contribution in [2.24, 2.45) is 11.8 Å². The van der Waals surface area contributed by atoms with E-state index >= 15 is 0 Å². The fraction of sp³-hybridized carbons (Fsp3) is 0.567. The van der Waals surface area contributed by atoms with Crippen molar-refractivity contribution in [3.8, 4) is 0 Å². The quantitative estimate of drug-likeness (QED) is 0.256. The number of amides is 2. The number of fused-ring (bicyclic) bond motifs is 1. The molecule has 0 saturated carbocycles. The maximum Gasteiger partial charge on any atom is 0.312 e. The Labute approximate surface area is 225 Å². The summed E-state index contributed by atoms with van der Waals surface area (Å²) in [4.78, 5) is 44.8. The summed E-state index contributed by atoms with van der Waals surface area (Å²) in [5.74, 6) is -2.75. The highest BCUT2D eigenvalue weighted by Crippen LogP contribution is 2.63. The van der Waals surface area contributed by atoms with Gasteiger partial charge in [0.15, 0.2) is 0 Å². The average molecular weight is 525 g/mol. The summed E-state index contributed by atoms with van der Waals surface area (Å²) in [5, 5.41) is 9.85. The van der Waals surface area contributed by atoms with E-state index in [1.54, 1.807) is 11.0 Å². The summed E-state index contributed by atoms with van der Waals surface area (Å²) in [6.07, 6.45) is 6.89. The molecule has 1 aromatic carbocycles. The Hall–Kier alpha value is -2.97. The number of anilines is 1. The number of β-amino-alcohol motifs (C(OH)–C–C–N with tert-alkyl or cyclic N) is 1. The first-order valence-electron chi connectivity index (χ1n) is 13.5. The van der Waals surface area contributed by atoms with Gasteiger partial charge in [-0.2, -0.15) is 0 Å². The zero-order valence-corrected chi connectivity index (χ0v) is 22.8. The maximum atomic E-state index is 14.4. The van der Waals surface area contributed by atoms with Gasteiger partial charge >= 0.3 is 5.97 Å². The van der Waals surface area contributed by atoms with Crippen molar-refractivity contribution in [1.82, 2.24) is 4.90 Å². The third kappa shape index (κ3) is 4.58. The summed E-state index contributed by atoms with van der Waals surface area (Å²) in [6.45, 7) is 13.5. The molecular formula is C30H40N2O6. The molecule has 2 amide bonds. The van der Waals surface area contributed by atoms with E-state index in [0.717, 1.165) is 29.7 Å². The SMILES string of the molecule is C=CCCCCOC(=O)[C@@H]1[C@H]2C(=O)N(CCO)C(C(=O)N(CC=C)c3cc(C)ccc3C)C23CC[C@@]1(C)O3. The van der Waals surface area contributed by atoms with Crippen LogP contribution in [0.25, 0.3) is 0 Å². The lowest BCUT2D eigenvalue weighted by atomic mass is 9.66. The number of hydrogen-bond donors (Lipinski definition) is 1.